The maximum Gasteiger partial charge on any atom is 0.329 e. The maximum absolute atomic E-state index is 14.2. The Morgan fingerprint density at radius 2 is 1.49 bits per heavy atom. The van der Waals surface area contributed by atoms with E-state index in [0.717, 1.165) is 16.7 Å². The Labute approximate surface area is 216 Å². The van der Waals surface area contributed by atoms with Gasteiger partial charge in [0.25, 0.3) is 0 Å². The van der Waals surface area contributed by atoms with Gasteiger partial charge in [-0.05, 0) is 35.1 Å². The third-order valence-electron chi connectivity index (χ3n) is 7.65. The highest BCUT2D eigenvalue weighted by atomic mass is 16.4. The van der Waals surface area contributed by atoms with Gasteiger partial charge in [-0.1, -0.05) is 105 Å². The molecule has 2 fully saturated rings. The lowest BCUT2D eigenvalue weighted by atomic mass is 9.76. The summed E-state index contributed by atoms with van der Waals surface area (Å²) in [5, 5.41) is 13.9. The fourth-order valence-corrected chi connectivity index (χ4v) is 5.90. The van der Waals surface area contributed by atoms with Gasteiger partial charge in [-0.3, -0.25) is 14.9 Å². The van der Waals surface area contributed by atoms with Crippen molar-refractivity contribution in [1.29, 1.82) is 0 Å². The highest BCUT2D eigenvalue weighted by molar-refractivity contribution is 6.25. The second-order valence-electron chi connectivity index (χ2n) is 9.57. The van der Waals surface area contributed by atoms with Crippen molar-refractivity contribution >= 4 is 29.5 Å². The molecule has 0 bridgehead atoms. The number of hydrogen-bond donors (Lipinski definition) is 2. The van der Waals surface area contributed by atoms with Crippen LogP contribution in [0.5, 0.6) is 0 Å². The number of rotatable bonds is 7. The fourth-order valence-electron chi connectivity index (χ4n) is 5.90. The van der Waals surface area contributed by atoms with Crippen molar-refractivity contribution < 1.29 is 19.5 Å². The van der Waals surface area contributed by atoms with Crippen LogP contribution in [0.3, 0.4) is 0 Å². The number of imide groups is 1. The molecule has 2 N–H and O–H groups in total. The van der Waals surface area contributed by atoms with E-state index in [9.17, 15) is 19.5 Å². The first-order valence-corrected chi connectivity index (χ1v) is 12.7. The van der Waals surface area contributed by atoms with Crippen molar-refractivity contribution in [3.8, 4) is 0 Å². The van der Waals surface area contributed by atoms with E-state index in [0.29, 0.717) is 24.1 Å². The van der Waals surface area contributed by atoms with Gasteiger partial charge < -0.3 is 5.11 Å². The van der Waals surface area contributed by atoms with E-state index < -0.39 is 35.3 Å². The predicted octanol–water partition coefficient (Wildman–Crippen LogP) is 4.58. The van der Waals surface area contributed by atoms with E-state index in [1.807, 2.05) is 74.5 Å². The Balaban J connectivity index is 1.69. The Bertz CT molecular complexity index is 1350. The standard InChI is InChI=1S/C31H30N2O4/c1-3-21-14-11-15-22(4-2)27(21)33-28(34)25-24(19-18-20-12-7-5-8-13-20)32-31(30(36)37,26(25)29(33)35)23-16-9-6-10-17-23/h5-19,24-26,32H,3-4H2,1-2H3,(H,36,37)/b19-18+. The van der Waals surface area contributed by atoms with Crippen LogP contribution in [0.4, 0.5) is 5.69 Å². The smallest absolute Gasteiger partial charge is 0.329 e. The number of para-hydroxylation sites is 1. The molecule has 2 aliphatic rings. The van der Waals surface area contributed by atoms with Gasteiger partial charge in [0.05, 0.1) is 17.5 Å². The quantitative estimate of drug-likeness (QED) is 0.470. The second-order valence-corrected chi connectivity index (χ2v) is 9.57. The molecule has 6 nitrogen and oxygen atoms in total. The molecular weight excluding hydrogens is 464 g/mol. The summed E-state index contributed by atoms with van der Waals surface area (Å²) in [5.41, 5.74) is 2.03. The minimum atomic E-state index is -1.74. The Hall–Kier alpha value is -4.03. The topological polar surface area (TPSA) is 86.7 Å². The minimum absolute atomic E-state index is 0.361. The molecule has 2 heterocycles. The molecule has 0 aromatic heterocycles. The zero-order chi connectivity index (χ0) is 26.2. The van der Waals surface area contributed by atoms with Gasteiger partial charge in [0.2, 0.25) is 11.8 Å². The average molecular weight is 495 g/mol. The number of carboxylic acids is 1. The summed E-state index contributed by atoms with van der Waals surface area (Å²) in [6.45, 7) is 3.98. The molecule has 5 rings (SSSR count). The molecule has 0 spiro atoms. The molecule has 0 aliphatic carbocycles. The van der Waals surface area contributed by atoms with Crippen LogP contribution in [-0.4, -0.2) is 28.9 Å². The van der Waals surface area contributed by atoms with Gasteiger partial charge in [-0.25, -0.2) is 9.69 Å². The van der Waals surface area contributed by atoms with Crippen LogP contribution in [-0.2, 0) is 32.8 Å². The largest absolute Gasteiger partial charge is 0.480 e. The third kappa shape index (κ3) is 3.89. The van der Waals surface area contributed by atoms with Crippen LogP contribution in [0.1, 0.15) is 36.1 Å². The van der Waals surface area contributed by atoms with Crippen molar-refractivity contribution in [1.82, 2.24) is 5.32 Å². The van der Waals surface area contributed by atoms with Crippen molar-refractivity contribution in [3.63, 3.8) is 0 Å². The van der Waals surface area contributed by atoms with E-state index in [2.05, 4.69) is 5.32 Å². The normalized spacial score (nSPS) is 25.1. The highest BCUT2D eigenvalue weighted by Gasteiger charge is 2.69. The maximum atomic E-state index is 14.2. The molecule has 0 saturated carbocycles. The van der Waals surface area contributed by atoms with E-state index in [-0.39, 0.29) is 5.91 Å². The number of nitrogens with one attached hydrogen (secondary N) is 1. The van der Waals surface area contributed by atoms with Crippen molar-refractivity contribution in [2.75, 3.05) is 4.90 Å². The van der Waals surface area contributed by atoms with Crippen LogP contribution in [0, 0.1) is 11.8 Å². The molecule has 2 amide bonds. The molecule has 188 valence electrons. The summed E-state index contributed by atoms with van der Waals surface area (Å²) >= 11 is 0. The molecule has 3 aromatic carbocycles. The lowest BCUT2D eigenvalue weighted by molar-refractivity contribution is -0.149. The minimum Gasteiger partial charge on any atom is -0.480 e. The summed E-state index contributed by atoms with van der Waals surface area (Å²) in [7, 11) is 0. The molecule has 4 atom stereocenters. The van der Waals surface area contributed by atoms with Gasteiger partial charge in [0, 0.05) is 6.04 Å². The van der Waals surface area contributed by atoms with Gasteiger partial charge in [-0.2, -0.15) is 0 Å². The van der Waals surface area contributed by atoms with Crippen molar-refractivity contribution in [3.05, 3.63) is 107 Å². The number of amides is 2. The molecule has 6 heteroatoms. The summed E-state index contributed by atoms with van der Waals surface area (Å²) < 4.78 is 0. The molecule has 2 aliphatic heterocycles. The third-order valence-corrected chi connectivity index (χ3v) is 7.65. The van der Waals surface area contributed by atoms with Crippen LogP contribution in [0.15, 0.2) is 84.9 Å². The van der Waals surface area contributed by atoms with Crippen molar-refractivity contribution in [2.45, 2.75) is 38.3 Å². The summed E-state index contributed by atoms with van der Waals surface area (Å²) in [5.74, 6) is -3.97. The summed E-state index contributed by atoms with van der Waals surface area (Å²) in [4.78, 5) is 42.7. The molecule has 4 unspecified atom stereocenters. The van der Waals surface area contributed by atoms with Crippen LogP contribution < -0.4 is 10.2 Å². The van der Waals surface area contributed by atoms with Gasteiger partial charge in [0.15, 0.2) is 5.54 Å². The second kappa shape index (κ2) is 9.79. The lowest BCUT2D eigenvalue weighted by Gasteiger charge is -2.32. The summed E-state index contributed by atoms with van der Waals surface area (Å²) in [6.07, 6.45) is 4.99. The number of fused-ring (bicyclic) bond motifs is 1. The van der Waals surface area contributed by atoms with Gasteiger partial charge >= 0.3 is 5.97 Å². The number of carbonyl (C=O) groups is 3. The van der Waals surface area contributed by atoms with Crippen LogP contribution in [0.25, 0.3) is 6.08 Å². The van der Waals surface area contributed by atoms with Crippen molar-refractivity contribution in [2.24, 2.45) is 11.8 Å². The highest BCUT2D eigenvalue weighted by Crippen LogP contribution is 2.50. The van der Waals surface area contributed by atoms with E-state index in [4.69, 9.17) is 0 Å². The molecular formula is C31H30N2O4. The number of aryl methyl sites for hydroxylation is 2. The molecule has 37 heavy (non-hydrogen) atoms. The molecule has 0 radical (unpaired) electrons. The first-order valence-electron chi connectivity index (χ1n) is 12.7. The number of aliphatic carboxylic acids is 1. The molecule has 3 aromatic rings. The Morgan fingerprint density at radius 3 is 2.05 bits per heavy atom. The first-order chi connectivity index (χ1) is 17.9. The fraction of sp³-hybridized carbons (Fsp3) is 0.258. The first kappa shape index (κ1) is 24.7. The summed E-state index contributed by atoms with van der Waals surface area (Å²) in [6, 6.07) is 23.5. The Morgan fingerprint density at radius 1 is 0.892 bits per heavy atom. The van der Waals surface area contributed by atoms with E-state index >= 15 is 0 Å². The lowest BCUT2D eigenvalue weighted by Crippen LogP contribution is -2.54. The SMILES string of the molecule is CCc1cccc(CC)c1N1C(=O)C2C(/C=C/c3ccccc3)NC(C(=O)O)(c3ccccc3)C2C1=O. The van der Waals surface area contributed by atoms with E-state index in [1.54, 1.807) is 30.3 Å². The number of carboxylic acid groups (broad SMARTS) is 1. The van der Waals surface area contributed by atoms with Gasteiger partial charge in [-0.15, -0.1) is 0 Å². The monoisotopic (exact) mass is 494 g/mol. The molecule has 2 saturated heterocycles. The number of nitrogens with zero attached hydrogens (tertiary/aromatic N) is 1. The number of anilines is 1. The zero-order valence-electron chi connectivity index (χ0n) is 20.9. The predicted molar refractivity (Wildman–Crippen MR) is 143 cm³/mol. The number of carbonyl (C=O) groups excluding carboxylic acids is 2. The number of hydrogen-bond acceptors (Lipinski definition) is 4. The Kier molecular flexibility index (Phi) is 6.52. The van der Waals surface area contributed by atoms with Crippen LogP contribution in [0.2, 0.25) is 0 Å². The number of benzene rings is 3. The average Bonchev–Trinajstić information content (AvgIpc) is 3.41. The van der Waals surface area contributed by atoms with Gasteiger partial charge in [0.1, 0.15) is 0 Å². The van der Waals surface area contributed by atoms with Crippen LogP contribution >= 0.6 is 0 Å². The van der Waals surface area contributed by atoms with E-state index in [1.165, 1.54) is 4.90 Å². The zero-order valence-corrected chi connectivity index (χ0v) is 20.9.